The van der Waals surface area contributed by atoms with Crippen molar-refractivity contribution in [3.63, 3.8) is 0 Å². The topological polar surface area (TPSA) is 29.3 Å². The summed E-state index contributed by atoms with van der Waals surface area (Å²) in [6, 6.07) is 0.699. The number of rotatable bonds is 3. The van der Waals surface area contributed by atoms with Crippen LogP contribution in [0.2, 0.25) is 0 Å². The highest BCUT2D eigenvalue weighted by molar-refractivity contribution is 7.15. The molecule has 0 radical (unpaired) electrons. The van der Waals surface area contributed by atoms with Crippen molar-refractivity contribution in [1.29, 1.82) is 0 Å². The van der Waals surface area contributed by atoms with Crippen molar-refractivity contribution in [2.75, 3.05) is 0 Å². The van der Waals surface area contributed by atoms with Crippen LogP contribution in [0.4, 0.5) is 0 Å². The molecule has 1 aliphatic rings. The van der Waals surface area contributed by atoms with Crippen LogP contribution in [0.5, 0.6) is 0 Å². The fourth-order valence-corrected chi connectivity index (χ4v) is 3.64. The van der Waals surface area contributed by atoms with Crippen LogP contribution in [0.15, 0.2) is 11.6 Å². The molecule has 0 amide bonds. The van der Waals surface area contributed by atoms with Gasteiger partial charge < -0.3 is 5.32 Å². The summed E-state index contributed by atoms with van der Waals surface area (Å²) in [6.07, 6.45) is 7.52. The number of fused-ring (bicyclic) bond motifs is 1. The van der Waals surface area contributed by atoms with Crippen molar-refractivity contribution < 1.29 is 0 Å². The molecule has 0 saturated heterocycles. The molecule has 0 aromatic carbocycles. The Morgan fingerprint density at radius 2 is 2.17 bits per heavy atom. The van der Waals surface area contributed by atoms with E-state index in [2.05, 4.69) is 40.1 Å². The maximum Gasteiger partial charge on any atom is 0.194 e. The Morgan fingerprint density at radius 3 is 2.94 bits per heavy atom. The predicted octanol–water partition coefficient (Wildman–Crippen LogP) is 3.37. The highest BCUT2D eigenvalue weighted by atomic mass is 32.1. The van der Waals surface area contributed by atoms with Crippen LogP contribution in [-0.4, -0.2) is 15.4 Å². The Bertz CT molecular complexity index is 520. The van der Waals surface area contributed by atoms with Gasteiger partial charge in [-0.3, -0.25) is 4.40 Å². The average Bonchev–Trinajstić information content (AvgIpc) is 2.90. The van der Waals surface area contributed by atoms with Crippen LogP contribution in [0.25, 0.3) is 4.96 Å². The van der Waals surface area contributed by atoms with E-state index in [1.165, 1.54) is 37.1 Å². The molecule has 0 aliphatic heterocycles. The standard InChI is InChI=1S/C14H21N3S/c1-10-3-5-12(6-4-10)15-9-13-11(2)16-14-17(13)7-8-18-14/h7-8,10,12,15H,3-6,9H2,1-2H3. The number of nitrogens with zero attached hydrogens (tertiary/aromatic N) is 2. The molecule has 4 heteroatoms. The lowest BCUT2D eigenvalue weighted by atomic mass is 9.87. The lowest BCUT2D eigenvalue weighted by Gasteiger charge is -2.27. The third-order valence-corrected chi connectivity index (χ3v) is 4.89. The van der Waals surface area contributed by atoms with E-state index in [4.69, 9.17) is 0 Å². The van der Waals surface area contributed by atoms with E-state index in [0.717, 1.165) is 17.4 Å². The molecule has 1 N–H and O–H groups in total. The van der Waals surface area contributed by atoms with E-state index in [0.29, 0.717) is 6.04 Å². The van der Waals surface area contributed by atoms with E-state index in [1.807, 2.05) is 0 Å². The molecule has 0 unspecified atom stereocenters. The number of aryl methyl sites for hydroxylation is 1. The zero-order valence-corrected chi connectivity index (χ0v) is 12.0. The van der Waals surface area contributed by atoms with Crippen LogP contribution < -0.4 is 5.32 Å². The average molecular weight is 263 g/mol. The first kappa shape index (κ1) is 12.2. The van der Waals surface area contributed by atoms with Crippen molar-refractivity contribution in [2.24, 2.45) is 5.92 Å². The number of imidazole rings is 1. The summed E-state index contributed by atoms with van der Waals surface area (Å²) in [4.78, 5) is 5.70. The minimum absolute atomic E-state index is 0.699. The molecule has 0 spiro atoms. The first-order chi connectivity index (χ1) is 8.74. The molecule has 0 atom stereocenters. The zero-order chi connectivity index (χ0) is 12.5. The van der Waals surface area contributed by atoms with Crippen LogP contribution in [0, 0.1) is 12.8 Å². The van der Waals surface area contributed by atoms with E-state index in [9.17, 15) is 0 Å². The molecular formula is C14H21N3S. The maximum absolute atomic E-state index is 4.59. The molecule has 2 aromatic heterocycles. The van der Waals surface area contributed by atoms with Crippen LogP contribution in [0.1, 0.15) is 44.0 Å². The quantitative estimate of drug-likeness (QED) is 0.920. The fraction of sp³-hybridized carbons (Fsp3) is 0.643. The normalized spacial score (nSPS) is 24.8. The van der Waals surface area contributed by atoms with Gasteiger partial charge in [0.2, 0.25) is 0 Å². The molecular weight excluding hydrogens is 242 g/mol. The SMILES string of the molecule is Cc1nc2sccn2c1CNC1CCC(C)CC1. The van der Waals surface area contributed by atoms with E-state index in [1.54, 1.807) is 11.3 Å². The number of aromatic nitrogens is 2. The lowest BCUT2D eigenvalue weighted by molar-refractivity contribution is 0.305. The maximum atomic E-state index is 4.59. The number of hydrogen-bond donors (Lipinski definition) is 1. The highest BCUT2D eigenvalue weighted by Crippen LogP contribution is 2.24. The van der Waals surface area contributed by atoms with Crippen molar-refractivity contribution in [3.05, 3.63) is 23.0 Å². The molecule has 3 rings (SSSR count). The molecule has 3 nitrogen and oxygen atoms in total. The summed E-state index contributed by atoms with van der Waals surface area (Å²) in [7, 11) is 0. The Morgan fingerprint density at radius 1 is 1.39 bits per heavy atom. The summed E-state index contributed by atoms with van der Waals surface area (Å²) in [5.74, 6) is 0.920. The zero-order valence-electron chi connectivity index (χ0n) is 11.1. The first-order valence-corrected chi connectivity index (χ1v) is 7.76. The second kappa shape index (κ2) is 5.02. The van der Waals surface area contributed by atoms with Gasteiger partial charge in [-0.05, 0) is 38.5 Å². The summed E-state index contributed by atoms with van der Waals surface area (Å²) in [5, 5.41) is 5.82. The minimum Gasteiger partial charge on any atom is -0.308 e. The van der Waals surface area contributed by atoms with Crippen molar-refractivity contribution in [3.8, 4) is 0 Å². The third kappa shape index (κ3) is 2.31. The summed E-state index contributed by atoms with van der Waals surface area (Å²) in [6.45, 7) is 5.43. The van der Waals surface area contributed by atoms with Gasteiger partial charge in [-0.15, -0.1) is 11.3 Å². The van der Waals surface area contributed by atoms with Gasteiger partial charge in [0.25, 0.3) is 0 Å². The number of thiazole rings is 1. The molecule has 1 saturated carbocycles. The second-order valence-electron chi connectivity index (χ2n) is 5.54. The molecule has 1 aliphatic carbocycles. The Labute approximate surface area is 112 Å². The van der Waals surface area contributed by atoms with Gasteiger partial charge in [0, 0.05) is 24.2 Å². The first-order valence-electron chi connectivity index (χ1n) is 6.88. The van der Waals surface area contributed by atoms with Crippen LogP contribution >= 0.6 is 11.3 Å². The van der Waals surface area contributed by atoms with Gasteiger partial charge in [0.05, 0.1) is 11.4 Å². The second-order valence-corrected chi connectivity index (χ2v) is 6.41. The summed E-state index contributed by atoms with van der Waals surface area (Å²) >= 11 is 1.71. The van der Waals surface area contributed by atoms with Gasteiger partial charge in [0.15, 0.2) is 4.96 Å². The smallest absolute Gasteiger partial charge is 0.194 e. The largest absolute Gasteiger partial charge is 0.308 e. The molecule has 98 valence electrons. The van der Waals surface area contributed by atoms with Gasteiger partial charge in [-0.25, -0.2) is 4.98 Å². The van der Waals surface area contributed by atoms with Crippen molar-refractivity contribution in [2.45, 2.75) is 52.1 Å². The molecule has 0 bridgehead atoms. The Balaban J connectivity index is 1.66. The van der Waals surface area contributed by atoms with Crippen LogP contribution in [0.3, 0.4) is 0 Å². The monoisotopic (exact) mass is 263 g/mol. The van der Waals surface area contributed by atoms with Crippen LogP contribution in [-0.2, 0) is 6.54 Å². The van der Waals surface area contributed by atoms with Gasteiger partial charge in [-0.2, -0.15) is 0 Å². The van der Waals surface area contributed by atoms with Gasteiger partial charge >= 0.3 is 0 Å². The highest BCUT2D eigenvalue weighted by Gasteiger charge is 2.18. The fourth-order valence-electron chi connectivity index (χ4n) is 2.86. The molecule has 1 fully saturated rings. The third-order valence-electron chi connectivity index (χ3n) is 4.14. The molecule has 2 aromatic rings. The summed E-state index contributed by atoms with van der Waals surface area (Å²) in [5.41, 5.74) is 2.49. The van der Waals surface area contributed by atoms with E-state index >= 15 is 0 Å². The number of hydrogen-bond acceptors (Lipinski definition) is 3. The lowest BCUT2D eigenvalue weighted by Crippen LogP contribution is -2.32. The minimum atomic E-state index is 0.699. The van der Waals surface area contributed by atoms with Gasteiger partial charge in [0.1, 0.15) is 0 Å². The summed E-state index contributed by atoms with van der Waals surface area (Å²) < 4.78 is 2.22. The predicted molar refractivity (Wildman–Crippen MR) is 76.1 cm³/mol. The Kier molecular flexibility index (Phi) is 3.39. The Hall–Kier alpha value is -0.870. The van der Waals surface area contributed by atoms with E-state index < -0.39 is 0 Å². The molecule has 2 heterocycles. The molecule has 18 heavy (non-hydrogen) atoms. The van der Waals surface area contributed by atoms with Crippen molar-refractivity contribution >= 4 is 16.3 Å². The number of nitrogens with one attached hydrogen (secondary N) is 1. The van der Waals surface area contributed by atoms with Gasteiger partial charge in [-0.1, -0.05) is 6.92 Å². The van der Waals surface area contributed by atoms with Crippen molar-refractivity contribution in [1.82, 2.24) is 14.7 Å². The van der Waals surface area contributed by atoms with E-state index in [-0.39, 0.29) is 0 Å².